The van der Waals surface area contributed by atoms with Crippen molar-refractivity contribution >= 4 is 17.8 Å². The summed E-state index contributed by atoms with van der Waals surface area (Å²) in [6.07, 6.45) is -0.840. The Bertz CT molecular complexity index is 743. The number of hydrogen-bond acceptors (Lipinski definition) is 6. The first-order valence-electron chi connectivity index (χ1n) is 7.41. The highest BCUT2D eigenvalue weighted by atomic mass is 16.6. The number of rotatable bonds is 4. The van der Waals surface area contributed by atoms with E-state index in [1.807, 2.05) is 0 Å². The van der Waals surface area contributed by atoms with Crippen LogP contribution in [-0.2, 0) is 4.74 Å². The van der Waals surface area contributed by atoms with Crippen molar-refractivity contribution in [3.63, 3.8) is 0 Å². The number of carbonyl (C=O) groups excluding carboxylic acids is 2. The SMILES string of the molecule is CNC(=O)NCC1CN(c2ccc(-c3nc(C)no3)cc2)C(=O)O1. The second kappa shape index (κ2) is 6.57. The highest BCUT2D eigenvalue weighted by Gasteiger charge is 2.32. The minimum Gasteiger partial charge on any atom is -0.442 e. The van der Waals surface area contributed by atoms with E-state index in [2.05, 4.69) is 20.8 Å². The predicted molar refractivity (Wildman–Crippen MR) is 84.5 cm³/mol. The van der Waals surface area contributed by atoms with Crippen LogP contribution in [0.2, 0.25) is 0 Å². The highest BCUT2D eigenvalue weighted by molar-refractivity contribution is 5.90. The number of urea groups is 1. The Labute approximate surface area is 138 Å². The fourth-order valence-corrected chi connectivity index (χ4v) is 2.33. The lowest BCUT2D eigenvalue weighted by atomic mass is 10.2. The second-order valence-corrected chi connectivity index (χ2v) is 5.27. The van der Waals surface area contributed by atoms with E-state index >= 15 is 0 Å². The van der Waals surface area contributed by atoms with E-state index in [-0.39, 0.29) is 12.6 Å². The zero-order valence-electron chi connectivity index (χ0n) is 13.3. The molecule has 1 aliphatic rings. The molecule has 1 aromatic heterocycles. The molecule has 0 spiro atoms. The number of carbonyl (C=O) groups is 2. The third-order valence-electron chi connectivity index (χ3n) is 3.54. The van der Waals surface area contributed by atoms with Crippen molar-refractivity contribution in [2.24, 2.45) is 0 Å². The summed E-state index contributed by atoms with van der Waals surface area (Å²) in [7, 11) is 1.52. The van der Waals surface area contributed by atoms with Gasteiger partial charge in [0.1, 0.15) is 6.10 Å². The molecule has 1 aliphatic heterocycles. The number of benzene rings is 1. The van der Waals surface area contributed by atoms with Gasteiger partial charge in [-0.05, 0) is 31.2 Å². The molecule has 0 radical (unpaired) electrons. The van der Waals surface area contributed by atoms with Crippen LogP contribution in [0, 0.1) is 6.92 Å². The van der Waals surface area contributed by atoms with Gasteiger partial charge >= 0.3 is 12.1 Å². The number of hydrogen-bond donors (Lipinski definition) is 2. The Kier molecular flexibility index (Phi) is 4.32. The number of ether oxygens (including phenoxy) is 1. The number of nitrogens with one attached hydrogen (secondary N) is 2. The zero-order valence-corrected chi connectivity index (χ0v) is 13.3. The van der Waals surface area contributed by atoms with Crippen molar-refractivity contribution in [3.8, 4) is 11.5 Å². The van der Waals surface area contributed by atoms with Gasteiger partial charge < -0.3 is 19.9 Å². The maximum Gasteiger partial charge on any atom is 0.414 e. The summed E-state index contributed by atoms with van der Waals surface area (Å²) in [4.78, 5) is 28.8. The van der Waals surface area contributed by atoms with Gasteiger partial charge in [0.2, 0.25) is 0 Å². The van der Waals surface area contributed by atoms with E-state index in [1.54, 1.807) is 31.2 Å². The minimum absolute atomic E-state index is 0.251. The Hall–Kier alpha value is -3.10. The molecular weight excluding hydrogens is 314 g/mol. The quantitative estimate of drug-likeness (QED) is 0.874. The lowest BCUT2D eigenvalue weighted by Gasteiger charge is -2.13. The molecule has 24 heavy (non-hydrogen) atoms. The molecule has 1 fully saturated rings. The van der Waals surface area contributed by atoms with Crippen LogP contribution in [0.15, 0.2) is 28.8 Å². The number of anilines is 1. The molecule has 1 aromatic carbocycles. The number of aryl methyl sites for hydroxylation is 1. The number of aromatic nitrogens is 2. The molecule has 1 atom stereocenters. The van der Waals surface area contributed by atoms with Crippen LogP contribution in [0.4, 0.5) is 15.3 Å². The Balaban J connectivity index is 1.66. The molecule has 2 heterocycles. The average molecular weight is 331 g/mol. The van der Waals surface area contributed by atoms with Crippen molar-refractivity contribution in [2.75, 3.05) is 25.0 Å². The molecule has 2 N–H and O–H groups in total. The molecule has 9 nitrogen and oxygen atoms in total. The van der Waals surface area contributed by atoms with E-state index in [0.29, 0.717) is 23.9 Å². The van der Waals surface area contributed by atoms with Crippen molar-refractivity contribution in [3.05, 3.63) is 30.1 Å². The van der Waals surface area contributed by atoms with Gasteiger partial charge in [0, 0.05) is 18.3 Å². The van der Waals surface area contributed by atoms with Crippen molar-refractivity contribution < 1.29 is 18.8 Å². The largest absolute Gasteiger partial charge is 0.442 e. The second-order valence-electron chi connectivity index (χ2n) is 5.27. The van der Waals surface area contributed by atoms with Gasteiger partial charge in [-0.3, -0.25) is 4.90 Å². The molecular formula is C15H17N5O4. The van der Waals surface area contributed by atoms with Crippen LogP contribution >= 0.6 is 0 Å². The molecule has 0 saturated carbocycles. The molecule has 3 amide bonds. The predicted octanol–water partition coefficient (Wildman–Crippen LogP) is 1.30. The molecule has 0 aliphatic carbocycles. The maximum absolute atomic E-state index is 12.0. The summed E-state index contributed by atoms with van der Waals surface area (Å²) in [6, 6.07) is 6.84. The standard InChI is InChI=1S/C15H17N5O4/c1-9-18-13(24-19-9)10-3-5-11(6-4-10)20-8-12(23-15(20)22)7-17-14(21)16-2/h3-6,12H,7-8H2,1-2H3,(H2,16,17,21). The average Bonchev–Trinajstić information content (AvgIpc) is 3.18. The summed E-state index contributed by atoms with van der Waals surface area (Å²) in [5, 5.41) is 8.81. The summed E-state index contributed by atoms with van der Waals surface area (Å²) >= 11 is 0. The summed E-state index contributed by atoms with van der Waals surface area (Å²) < 4.78 is 10.4. The highest BCUT2D eigenvalue weighted by Crippen LogP contribution is 2.25. The number of nitrogens with zero attached hydrogens (tertiary/aromatic N) is 3. The van der Waals surface area contributed by atoms with Gasteiger partial charge in [0.25, 0.3) is 5.89 Å². The number of amides is 3. The van der Waals surface area contributed by atoms with Crippen molar-refractivity contribution in [1.29, 1.82) is 0 Å². The first-order valence-corrected chi connectivity index (χ1v) is 7.41. The van der Waals surface area contributed by atoms with Crippen molar-refractivity contribution in [1.82, 2.24) is 20.8 Å². The molecule has 2 aromatic rings. The topological polar surface area (TPSA) is 110 Å². The van der Waals surface area contributed by atoms with Gasteiger partial charge in [-0.15, -0.1) is 0 Å². The Morgan fingerprint density at radius 3 is 2.75 bits per heavy atom. The first-order chi connectivity index (χ1) is 11.6. The van der Waals surface area contributed by atoms with Gasteiger partial charge in [-0.1, -0.05) is 5.16 Å². The van der Waals surface area contributed by atoms with Crippen LogP contribution in [0.3, 0.4) is 0 Å². The molecule has 0 bridgehead atoms. The third-order valence-corrected chi connectivity index (χ3v) is 3.54. The third kappa shape index (κ3) is 3.29. The van der Waals surface area contributed by atoms with Gasteiger partial charge in [0.15, 0.2) is 5.82 Å². The van der Waals surface area contributed by atoms with Crippen molar-refractivity contribution in [2.45, 2.75) is 13.0 Å². The van der Waals surface area contributed by atoms with Crippen LogP contribution in [0.25, 0.3) is 11.5 Å². The molecule has 3 rings (SSSR count). The minimum atomic E-state index is -0.444. The van der Waals surface area contributed by atoms with Crippen LogP contribution in [0.5, 0.6) is 0 Å². The Morgan fingerprint density at radius 1 is 1.38 bits per heavy atom. The number of cyclic esters (lactones) is 1. The van der Waals surface area contributed by atoms with Gasteiger partial charge in [-0.2, -0.15) is 4.98 Å². The fourth-order valence-electron chi connectivity index (χ4n) is 2.33. The fraction of sp³-hybridized carbons (Fsp3) is 0.333. The van der Waals surface area contributed by atoms with Crippen LogP contribution in [0.1, 0.15) is 5.82 Å². The van der Waals surface area contributed by atoms with Crippen LogP contribution < -0.4 is 15.5 Å². The van der Waals surface area contributed by atoms with E-state index in [9.17, 15) is 9.59 Å². The molecule has 1 unspecified atom stereocenters. The maximum atomic E-state index is 12.0. The Morgan fingerprint density at radius 2 is 2.12 bits per heavy atom. The summed E-state index contributed by atoms with van der Waals surface area (Å²) in [5.74, 6) is 0.986. The van der Waals surface area contributed by atoms with E-state index < -0.39 is 12.2 Å². The molecule has 9 heteroatoms. The van der Waals surface area contributed by atoms with E-state index in [0.717, 1.165) is 5.56 Å². The van der Waals surface area contributed by atoms with Gasteiger partial charge in [-0.25, -0.2) is 9.59 Å². The molecule has 126 valence electrons. The smallest absolute Gasteiger partial charge is 0.414 e. The summed E-state index contributed by atoms with van der Waals surface area (Å²) in [6.45, 7) is 2.36. The first kappa shape index (κ1) is 15.8. The van der Waals surface area contributed by atoms with Gasteiger partial charge in [0.05, 0.1) is 13.1 Å². The normalized spacial score (nSPS) is 16.8. The lowest BCUT2D eigenvalue weighted by Crippen LogP contribution is -2.39. The lowest BCUT2D eigenvalue weighted by molar-refractivity contribution is 0.140. The molecule has 1 saturated heterocycles. The zero-order chi connectivity index (χ0) is 17.1. The van der Waals surface area contributed by atoms with Crippen LogP contribution in [-0.4, -0.2) is 48.5 Å². The van der Waals surface area contributed by atoms with E-state index in [4.69, 9.17) is 9.26 Å². The monoisotopic (exact) mass is 331 g/mol. The van der Waals surface area contributed by atoms with E-state index in [1.165, 1.54) is 11.9 Å². The summed E-state index contributed by atoms with van der Waals surface area (Å²) in [5.41, 5.74) is 1.46.